The van der Waals surface area contributed by atoms with Crippen molar-refractivity contribution in [2.75, 3.05) is 6.61 Å². The highest BCUT2D eigenvalue weighted by Crippen LogP contribution is 2.22. The van der Waals surface area contributed by atoms with Gasteiger partial charge in [-0.1, -0.05) is 18.2 Å². The van der Waals surface area contributed by atoms with E-state index in [4.69, 9.17) is 11.2 Å². The normalized spacial score (nSPS) is 14.4. The first kappa shape index (κ1) is 11.0. The molecule has 0 bridgehead atoms. The van der Waals surface area contributed by atoms with Crippen LogP contribution in [0.3, 0.4) is 0 Å². The SMILES string of the molecule is C#CCCOc1ccccc1CNC1CC1. The van der Waals surface area contributed by atoms with Gasteiger partial charge in [0, 0.05) is 24.6 Å². The van der Waals surface area contributed by atoms with Crippen molar-refractivity contribution in [2.45, 2.75) is 31.8 Å². The predicted octanol–water partition coefficient (Wildman–Crippen LogP) is 2.34. The Kier molecular flexibility index (Phi) is 3.85. The van der Waals surface area contributed by atoms with E-state index in [2.05, 4.69) is 17.3 Å². The van der Waals surface area contributed by atoms with Crippen LogP contribution in [0.4, 0.5) is 0 Å². The average Bonchev–Trinajstić information content (AvgIpc) is 3.12. The van der Waals surface area contributed by atoms with Gasteiger partial charge in [-0.25, -0.2) is 0 Å². The highest BCUT2D eigenvalue weighted by molar-refractivity contribution is 5.33. The number of ether oxygens (including phenoxy) is 1. The van der Waals surface area contributed by atoms with Crippen molar-refractivity contribution in [2.24, 2.45) is 0 Å². The Balaban J connectivity index is 1.90. The molecule has 2 nitrogen and oxygen atoms in total. The lowest BCUT2D eigenvalue weighted by atomic mass is 10.2. The molecule has 1 aromatic rings. The molecule has 0 radical (unpaired) electrons. The van der Waals surface area contributed by atoms with E-state index in [9.17, 15) is 0 Å². The fraction of sp³-hybridized carbons (Fsp3) is 0.429. The molecule has 0 heterocycles. The van der Waals surface area contributed by atoms with E-state index in [0.717, 1.165) is 18.3 Å². The summed E-state index contributed by atoms with van der Waals surface area (Å²) >= 11 is 0. The summed E-state index contributed by atoms with van der Waals surface area (Å²) in [5.41, 5.74) is 1.21. The second kappa shape index (κ2) is 5.58. The maximum Gasteiger partial charge on any atom is 0.123 e. The van der Waals surface area contributed by atoms with E-state index in [-0.39, 0.29) is 0 Å². The average molecular weight is 215 g/mol. The molecule has 0 aliphatic heterocycles. The quantitative estimate of drug-likeness (QED) is 0.581. The molecule has 16 heavy (non-hydrogen) atoms. The number of rotatable bonds is 6. The van der Waals surface area contributed by atoms with Crippen LogP contribution in [0.2, 0.25) is 0 Å². The lowest BCUT2D eigenvalue weighted by Crippen LogP contribution is -2.16. The van der Waals surface area contributed by atoms with Crippen molar-refractivity contribution in [3.63, 3.8) is 0 Å². The Hall–Kier alpha value is -1.46. The zero-order valence-corrected chi connectivity index (χ0v) is 9.41. The molecule has 0 atom stereocenters. The van der Waals surface area contributed by atoms with E-state index >= 15 is 0 Å². The number of terminal acetylenes is 1. The van der Waals surface area contributed by atoms with E-state index in [1.165, 1.54) is 18.4 Å². The van der Waals surface area contributed by atoms with Crippen LogP contribution in [0.5, 0.6) is 5.75 Å². The molecule has 0 aromatic heterocycles. The first-order chi connectivity index (χ1) is 7.90. The maximum absolute atomic E-state index is 5.65. The standard InChI is InChI=1S/C14H17NO/c1-2-3-10-16-14-7-5-4-6-12(14)11-15-13-8-9-13/h1,4-7,13,15H,3,8-11H2. The topological polar surface area (TPSA) is 21.3 Å². The summed E-state index contributed by atoms with van der Waals surface area (Å²) in [5.74, 6) is 3.53. The molecule has 2 heteroatoms. The van der Waals surface area contributed by atoms with Crippen LogP contribution in [-0.4, -0.2) is 12.6 Å². The Morgan fingerprint density at radius 1 is 1.38 bits per heavy atom. The van der Waals surface area contributed by atoms with Crippen molar-refractivity contribution < 1.29 is 4.74 Å². The van der Waals surface area contributed by atoms with Gasteiger partial charge in [-0.05, 0) is 18.9 Å². The summed E-state index contributed by atoms with van der Waals surface area (Å²) in [5, 5.41) is 3.48. The molecule has 1 aliphatic rings. The molecule has 2 rings (SSSR count). The first-order valence-corrected chi connectivity index (χ1v) is 5.77. The van der Waals surface area contributed by atoms with Gasteiger partial charge in [0.1, 0.15) is 5.75 Å². The van der Waals surface area contributed by atoms with E-state index < -0.39 is 0 Å². The van der Waals surface area contributed by atoms with Gasteiger partial charge in [-0.2, -0.15) is 0 Å². The molecule has 1 aliphatic carbocycles. The van der Waals surface area contributed by atoms with Gasteiger partial charge in [-0.15, -0.1) is 12.3 Å². The van der Waals surface area contributed by atoms with E-state index in [1.54, 1.807) is 0 Å². The minimum atomic E-state index is 0.594. The van der Waals surface area contributed by atoms with Crippen molar-refractivity contribution in [3.05, 3.63) is 29.8 Å². The zero-order valence-electron chi connectivity index (χ0n) is 9.41. The number of nitrogens with one attached hydrogen (secondary N) is 1. The smallest absolute Gasteiger partial charge is 0.123 e. The fourth-order valence-corrected chi connectivity index (χ4v) is 1.55. The molecule has 0 spiro atoms. The van der Waals surface area contributed by atoms with E-state index in [0.29, 0.717) is 13.0 Å². The number of hydrogen-bond donors (Lipinski definition) is 1. The van der Waals surface area contributed by atoms with Crippen LogP contribution in [0.15, 0.2) is 24.3 Å². The van der Waals surface area contributed by atoms with Gasteiger partial charge in [0.15, 0.2) is 0 Å². The number of hydrogen-bond acceptors (Lipinski definition) is 2. The van der Waals surface area contributed by atoms with Crippen LogP contribution in [0.25, 0.3) is 0 Å². The summed E-state index contributed by atoms with van der Waals surface area (Å²) in [6.45, 7) is 1.48. The predicted molar refractivity (Wildman–Crippen MR) is 65.2 cm³/mol. The molecular formula is C14H17NO. The maximum atomic E-state index is 5.65. The largest absolute Gasteiger partial charge is 0.492 e. The fourth-order valence-electron chi connectivity index (χ4n) is 1.55. The van der Waals surface area contributed by atoms with Gasteiger partial charge in [0.2, 0.25) is 0 Å². The summed E-state index contributed by atoms with van der Waals surface area (Å²) in [7, 11) is 0. The van der Waals surface area contributed by atoms with Crippen molar-refractivity contribution in [3.8, 4) is 18.1 Å². The Bertz CT molecular complexity index is 377. The molecule has 1 N–H and O–H groups in total. The van der Waals surface area contributed by atoms with Crippen LogP contribution in [-0.2, 0) is 6.54 Å². The van der Waals surface area contributed by atoms with Gasteiger partial charge in [-0.3, -0.25) is 0 Å². The molecule has 0 unspecified atom stereocenters. The number of para-hydroxylation sites is 1. The Morgan fingerprint density at radius 3 is 2.94 bits per heavy atom. The van der Waals surface area contributed by atoms with Gasteiger partial charge in [0.05, 0.1) is 6.61 Å². The van der Waals surface area contributed by atoms with E-state index in [1.807, 2.05) is 18.2 Å². The molecular weight excluding hydrogens is 198 g/mol. The minimum absolute atomic E-state index is 0.594. The summed E-state index contributed by atoms with van der Waals surface area (Å²) in [4.78, 5) is 0. The highest BCUT2D eigenvalue weighted by Gasteiger charge is 2.20. The van der Waals surface area contributed by atoms with Gasteiger partial charge < -0.3 is 10.1 Å². The molecule has 1 fully saturated rings. The minimum Gasteiger partial charge on any atom is -0.492 e. The molecule has 1 saturated carbocycles. The van der Waals surface area contributed by atoms with Crippen molar-refractivity contribution >= 4 is 0 Å². The molecule has 1 aromatic carbocycles. The third-order valence-corrected chi connectivity index (χ3v) is 2.64. The third-order valence-electron chi connectivity index (χ3n) is 2.64. The first-order valence-electron chi connectivity index (χ1n) is 5.77. The third kappa shape index (κ3) is 3.29. The lowest BCUT2D eigenvalue weighted by molar-refractivity contribution is 0.323. The molecule has 84 valence electrons. The van der Waals surface area contributed by atoms with Crippen molar-refractivity contribution in [1.29, 1.82) is 0 Å². The summed E-state index contributed by atoms with van der Waals surface area (Å²) < 4.78 is 5.65. The van der Waals surface area contributed by atoms with Crippen molar-refractivity contribution in [1.82, 2.24) is 5.32 Å². The molecule has 0 amide bonds. The summed E-state index contributed by atoms with van der Waals surface area (Å²) in [6, 6.07) is 8.85. The van der Waals surface area contributed by atoms with Gasteiger partial charge >= 0.3 is 0 Å². The second-order valence-electron chi connectivity index (χ2n) is 4.07. The summed E-state index contributed by atoms with van der Waals surface area (Å²) in [6.07, 6.45) is 8.46. The monoisotopic (exact) mass is 215 g/mol. The molecule has 0 saturated heterocycles. The lowest BCUT2D eigenvalue weighted by Gasteiger charge is -2.10. The zero-order chi connectivity index (χ0) is 11.2. The van der Waals surface area contributed by atoms with Gasteiger partial charge in [0.25, 0.3) is 0 Å². The Morgan fingerprint density at radius 2 is 2.19 bits per heavy atom. The van der Waals surface area contributed by atoms with Crippen LogP contribution < -0.4 is 10.1 Å². The van der Waals surface area contributed by atoms with Crippen LogP contribution in [0.1, 0.15) is 24.8 Å². The number of benzene rings is 1. The Labute approximate surface area is 97.0 Å². The highest BCUT2D eigenvalue weighted by atomic mass is 16.5. The van der Waals surface area contributed by atoms with Crippen LogP contribution in [0, 0.1) is 12.3 Å². The van der Waals surface area contributed by atoms with Crippen LogP contribution >= 0.6 is 0 Å². The second-order valence-corrected chi connectivity index (χ2v) is 4.07.